The van der Waals surface area contributed by atoms with Gasteiger partial charge in [-0.2, -0.15) is 0 Å². The van der Waals surface area contributed by atoms with Crippen molar-refractivity contribution in [3.05, 3.63) is 41.6 Å². The molecule has 0 aliphatic carbocycles. The van der Waals surface area contributed by atoms with Crippen LogP contribution in [0.25, 0.3) is 10.9 Å². The lowest BCUT2D eigenvalue weighted by atomic mass is 10.0. The van der Waals surface area contributed by atoms with Crippen LogP contribution in [0.15, 0.2) is 30.3 Å². The van der Waals surface area contributed by atoms with Crippen molar-refractivity contribution in [2.24, 2.45) is 5.92 Å². The smallest absolute Gasteiger partial charge is 0.326 e. The highest BCUT2D eigenvalue weighted by Gasteiger charge is 2.21. The number of benzene rings is 1. The summed E-state index contributed by atoms with van der Waals surface area (Å²) < 4.78 is 0. The zero-order valence-corrected chi connectivity index (χ0v) is 13.0. The SMILES string of the molecule is Cc1ccc2cc(C(=O)N[C@@H](CC(C)C)C(=O)O)ccc2n1. The van der Waals surface area contributed by atoms with Gasteiger partial charge < -0.3 is 10.4 Å². The minimum absolute atomic E-state index is 0.185. The van der Waals surface area contributed by atoms with E-state index in [0.29, 0.717) is 12.0 Å². The Hall–Kier alpha value is -2.43. The molecule has 1 aromatic heterocycles. The van der Waals surface area contributed by atoms with E-state index in [-0.39, 0.29) is 11.8 Å². The fourth-order valence-electron chi connectivity index (χ4n) is 2.30. The van der Waals surface area contributed by atoms with Crippen LogP contribution in [-0.4, -0.2) is 28.0 Å². The standard InChI is InChI=1S/C17H20N2O3/c1-10(2)8-15(17(21)22)19-16(20)13-6-7-14-12(9-13)5-4-11(3)18-14/h4-7,9-10,15H,8H2,1-3H3,(H,19,20)(H,21,22)/t15-/m0/s1. The van der Waals surface area contributed by atoms with E-state index in [9.17, 15) is 14.7 Å². The number of hydrogen-bond acceptors (Lipinski definition) is 3. The lowest BCUT2D eigenvalue weighted by Crippen LogP contribution is -2.41. The molecule has 0 aliphatic heterocycles. The Morgan fingerprint density at radius 3 is 2.59 bits per heavy atom. The first-order valence-electron chi connectivity index (χ1n) is 7.28. The Kier molecular flexibility index (Phi) is 4.75. The van der Waals surface area contributed by atoms with Crippen molar-refractivity contribution in [3.63, 3.8) is 0 Å². The number of amides is 1. The van der Waals surface area contributed by atoms with E-state index in [2.05, 4.69) is 10.3 Å². The molecule has 0 fully saturated rings. The van der Waals surface area contributed by atoms with E-state index in [1.807, 2.05) is 32.9 Å². The van der Waals surface area contributed by atoms with Crippen LogP contribution in [0, 0.1) is 12.8 Å². The van der Waals surface area contributed by atoms with Crippen molar-refractivity contribution in [1.29, 1.82) is 0 Å². The third-order valence-corrected chi connectivity index (χ3v) is 3.40. The van der Waals surface area contributed by atoms with E-state index in [1.54, 1.807) is 18.2 Å². The second-order valence-electron chi connectivity index (χ2n) is 5.85. The van der Waals surface area contributed by atoms with Gasteiger partial charge in [0.2, 0.25) is 0 Å². The average molecular weight is 300 g/mol. The minimum atomic E-state index is -1.01. The Labute approximate surface area is 129 Å². The lowest BCUT2D eigenvalue weighted by Gasteiger charge is -2.16. The molecule has 1 amide bonds. The van der Waals surface area contributed by atoms with Gasteiger partial charge in [0.05, 0.1) is 5.52 Å². The first-order chi connectivity index (χ1) is 10.4. The number of nitrogens with one attached hydrogen (secondary N) is 1. The normalized spacial score (nSPS) is 12.4. The predicted octanol–water partition coefficient (Wildman–Crippen LogP) is 2.77. The number of carboxylic acids is 1. The Morgan fingerprint density at radius 2 is 1.95 bits per heavy atom. The highest BCUT2D eigenvalue weighted by Crippen LogP contribution is 2.15. The van der Waals surface area contributed by atoms with Crippen molar-refractivity contribution in [1.82, 2.24) is 10.3 Å². The molecule has 0 spiro atoms. The van der Waals surface area contributed by atoms with Gasteiger partial charge in [0.1, 0.15) is 6.04 Å². The third kappa shape index (κ3) is 3.81. The number of rotatable bonds is 5. The Bertz CT molecular complexity index is 710. The molecule has 5 nitrogen and oxygen atoms in total. The molecule has 0 aliphatic rings. The zero-order valence-electron chi connectivity index (χ0n) is 13.0. The second kappa shape index (κ2) is 6.56. The predicted molar refractivity (Wildman–Crippen MR) is 84.8 cm³/mol. The van der Waals surface area contributed by atoms with Crippen molar-refractivity contribution in [3.8, 4) is 0 Å². The van der Waals surface area contributed by atoms with Crippen LogP contribution >= 0.6 is 0 Å². The second-order valence-corrected chi connectivity index (χ2v) is 5.85. The van der Waals surface area contributed by atoms with Crippen LogP contribution in [-0.2, 0) is 4.79 Å². The van der Waals surface area contributed by atoms with Gasteiger partial charge >= 0.3 is 5.97 Å². The molecule has 2 rings (SSSR count). The first-order valence-corrected chi connectivity index (χ1v) is 7.28. The number of aliphatic carboxylic acids is 1. The van der Waals surface area contributed by atoms with Crippen LogP contribution in [0.4, 0.5) is 0 Å². The number of fused-ring (bicyclic) bond motifs is 1. The zero-order chi connectivity index (χ0) is 16.3. The lowest BCUT2D eigenvalue weighted by molar-refractivity contribution is -0.139. The largest absolute Gasteiger partial charge is 0.480 e. The fraction of sp³-hybridized carbons (Fsp3) is 0.353. The minimum Gasteiger partial charge on any atom is -0.480 e. The summed E-state index contributed by atoms with van der Waals surface area (Å²) in [6.45, 7) is 5.75. The van der Waals surface area contributed by atoms with E-state index < -0.39 is 12.0 Å². The number of carbonyl (C=O) groups is 2. The molecule has 0 saturated heterocycles. The van der Waals surface area contributed by atoms with Crippen molar-refractivity contribution in [2.45, 2.75) is 33.2 Å². The van der Waals surface area contributed by atoms with Gasteiger partial charge in [0.25, 0.3) is 5.91 Å². The molecular formula is C17H20N2O3. The number of carboxylic acid groups (broad SMARTS) is 1. The van der Waals surface area contributed by atoms with Crippen LogP contribution in [0.1, 0.15) is 36.3 Å². The molecule has 2 aromatic rings. The summed E-state index contributed by atoms with van der Waals surface area (Å²) >= 11 is 0. The number of carbonyl (C=O) groups excluding carboxylic acids is 1. The maximum absolute atomic E-state index is 12.3. The molecule has 1 aromatic carbocycles. The van der Waals surface area contributed by atoms with Crippen LogP contribution in [0.2, 0.25) is 0 Å². The molecule has 0 unspecified atom stereocenters. The molecule has 1 atom stereocenters. The van der Waals surface area contributed by atoms with Crippen molar-refractivity contribution in [2.75, 3.05) is 0 Å². The van der Waals surface area contributed by atoms with Gasteiger partial charge in [-0.15, -0.1) is 0 Å². The molecule has 116 valence electrons. The Morgan fingerprint density at radius 1 is 1.23 bits per heavy atom. The van der Waals surface area contributed by atoms with Gasteiger partial charge in [-0.25, -0.2) is 4.79 Å². The van der Waals surface area contributed by atoms with Crippen molar-refractivity contribution >= 4 is 22.8 Å². The van der Waals surface area contributed by atoms with Crippen LogP contribution in [0.5, 0.6) is 0 Å². The summed E-state index contributed by atoms with van der Waals surface area (Å²) in [7, 11) is 0. The van der Waals surface area contributed by atoms with Gasteiger partial charge in [0, 0.05) is 16.6 Å². The maximum Gasteiger partial charge on any atom is 0.326 e. The van der Waals surface area contributed by atoms with Gasteiger partial charge in [-0.1, -0.05) is 19.9 Å². The number of pyridine rings is 1. The van der Waals surface area contributed by atoms with Gasteiger partial charge in [-0.05, 0) is 43.5 Å². The first kappa shape index (κ1) is 15.9. The van der Waals surface area contributed by atoms with Crippen LogP contribution < -0.4 is 5.32 Å². The summed E-state index contributed by atoms with van der Waals surface area (Å²) in [6, 6.07) is 8.07. The highest BCUT2D eigenvalue weighted by atomic mass is 16.4. The molecule has 1 heterocycles. The fourth-order valence-corrected chi connectivity index (χ4v) is 2.30. The van der Waals surface area contributed by atoms with Crippen molar-refractivity contribution < 1.29 is 14.7 Å². The molecule has 5 heteroatoms. The highest BCUT2D eigenvalue weighted by molar-refractivity contribution is 5.99. The summed E-state index contributed by atoms with van der Waals surface area (Å²) in [6.07, 6.45) is 0.398. The monoisotopic (exact) mass is 300 g/mol. The molecule has 0 bridgehead atoms. The third-order valence-electron chi connectivity index (χ3n) is 3.40. The molecule has 0 radical (unpaired) electrons. The molecular weight excluding hydrogens is 280 g/mol. The van der Waals surface area contributed by atoms with E-state index in [4.69, 9.17) is 0 Å². The molecule has 2 N–H and O–H groups in total. The van der Waals surface area contributed by atoms with E-state index >= 15 is 0 Å². The Balaban J connectivity index is 2.21. The summed E-state index contributed by atoms with van der Waals surface area (Å²) in [5.41, 5.74) is 2.16. The number of aryl methyl sites for hydroxylation is 1. The van der Waals surface area contributed by atoms with E-state index in [0.717, 1.165) is 16.6 Å². The summed E-state index contributed by atoms with van der Waals surface area (Å²) in [5, 5.41) is 12.6. The topological polar surface area (TPSA) is 79.3 Å². The van der Waals surface area contributed by atoms with Crippen LogP contribution in [0.3, 0.4) is 0 Å². The van der Waals surface area contributed by atoms with Gasteiger partial charge in [0.15, 0.2) is 0 Å². The number of nitrogens with zero attached hydrogens (tertiary/aromatic N) is 1. The quantitative estimate of drug-likeness (QED) is 0.890. The summed E-state index contributed by atoms with van der Waals surface area (Å²) in [4.78, 5) is 27.9. The number of hydrogen-bond donors (Lipinski definition) is 2. The van der Waals surface area contributed by atoms with E-state index in [1.165, 1.54) is 0 Å². The number of aromatic nitrogens is 1. The molecule has 0 saturated carbocycles. The summed E-state index contributed by atoms with van der Waals surface area (Å²) in [5.74, 6) is -1.21. The average Bonchev–Trinajstić information content (AvgIpc) is 2.45. The molecule has 22 heavy (non-hydrogen) atoms. The van der Waals surface area contributed by atoms with Gasteiger partial charge in [-0.3, -0.25) is 9.78 Å². The maximum atomic E-state index is 12.3.